The molecule has 0 saturated carbocycles. The van der Waals surface area contributed by atoms with E-state index in [-0.39, 0.29) is 18.9 Å². The number of rotatable bonds is 5. The van der Waals surface area contributed by atoms with Crippen molar-refractivity contribution in [3.63, 3.8) is 0 Å². The highest BCUT2D eigenvalue weighted by Crippen LogP contribution is 2.16. The smallest absolute Gasteiger partial charge is 0.303 e. The number of hydrogen-bond donors (Lipinski definition) is 1. The van der Waals surface area contributed by atoms with Gasteiger partial charge in [0.1, 0.15) is 17.6 Å². The van der Waals surface area contributed by atoms with Gasteiger partial charge in [0, 0.05) is 19.5 Å². The van der Waals surface area contributed by atoms with Gasteiger partial charge in [-0.2, -0.15) is 20.1 Å². The minimum Gasteiger partial charge on any atom is -0.481 e. The molecule has 4 rings (SSSR count). The van der Waals surface area contributed by atoms with E-state index in [0.29, 0.717) is 19.5 Å². The Hall–Kier alpha value is -3.23. The zero-order chi connectivity index (χ0) is 18.8. The maximum absolute atomic E-state index is 12.7. The van der Waals surface area contributed by atoms with E-state index >= 15 is 0 Å². The summed E-state index contributed by atoms with van der Waals surface area (Å²) >= 11 is 0. The molecule has 3 aromatic rings. The molecule has 140 valence electrons. The molecule has 0 spiro atoms. The lowest BCUT2D eigenvalue weighted by molar-refractivity contribution is -0.137. The molecule has 0 bridgehead atoms. The molecule has 1 aromatic carbocycles. The predicted octanol–water partition coefficient (Wildman–Crippen LogP) is 1.08. The second kappa shape index (κ2) is 7.18. The number of aromatic nitrogens is 5. The monoisotopic (exact) mass is 368 g/mol. The number of fused-ring (bicyclic) bond motifs is 2. The van der Waals surface area contributed by atoms with Gasteiger partial charge in [-0.05, 0) is 24.6 Å². The first-order chi connectivity index (χ1) is 13.1. The third-order valence-corrected chi connectivity index (χ3v) is 4.62. The zero-order valence-corrected chi connectivity index (χ0v) is 14.8. The summed E-state index contributed by atoms with van der Waals surface area (Å²) in [5.41, 5.74) is 3.21. The molecule has 0 unspecified atom stereocenters. The van der Waals surface area contributed by atoms with Crippen LogP contribution in [0.4, 0.5) is 0 Å². The Balaban J connectivity index is 1.45. The van der Waals surface area contributed by atoms with Gasteiger partial charge in [-0.3, -0.25) is 14.3 Å². The lowest BCUT2D eigenvalue weighted by atomic mass is 10.2. The molecule has 2 aromatic heterocycles. The summed E-state index contributed by atoms with van der Waals surface area (Å²) in [6.45, 7) is 1.91. The molecule has 0 atom stereocenters. The summed E-state index contributed by atoms with van der Waals surface area (Å²) in [7, 11) is 0. The fraction of sp³-hybridized carbons (Fsp3) is 0.389. The Morgan fingerprint density at radius 2 is 1.81 bits per heavy atom. The van der Waals surface area contributed by atoms with E-state index in [1.807, 2.05) is 35.0 Å². The zero-order valence-electron chi connectivity index (χ0n) is 14.8. The van der Waals surface area contributed by atoms with Gasteiger partial charge in [-0.25, -0.2) is 0 Å². The second-order valence-corrected chi connectivity index (χ2v) is 6.63. The molecular weight excluding hydrogens is 348 g/mol. The van der Waals surface area contributed by atoms with Crippen LogP contribution in [-0.2, 0) is 35.6 Å². The average Bonchev–Trinajstić information content (AvgIpc) is 3.16. The van der Waals surface area contributed by atoms with Crippen LogP contribution < -0.4 is 0 Å². The second-order valence-electron chi connectivity index (χ2n) is 6.63. The van der Waals surface area contributed by atoms with Gasteiger partial charge in [0.15, 0.2) is 0 Å². The summed E-state index contributed by atoms with van der Waals surface area (Å²) in [6.07, 6.45) is 1.25. The molecule has 1 aliphatic heterocycles. The van der Waals surface area contributed by atoms with Crippen molar-refractivity contribution in [2.45, 2.75) is 38.9 Å². The molecule has 0 aliphatic carbocycles. The van der Waals surface area contributed by atoms with Crippen LogP contribution in [0.3, 0.4) is 0 Å². The first-order valence-electron chi connectivity index (χ1n) is 8.93. The summed E-state index contributed by atoms with van der Waals surface area (Å²) in [6, 6.07) is 9.41. The number of benzene rings is 1. The van der Waals surface area contributed by atoms with E-state index in [0.717, 1.165) is 35.4 Å². The number of aryl methyl sites for hydroxylation is 2. The van der Waals surface area contributed by atoms with Crippen molar-refractivity contribution in [3.05, 3.63) is 41.7 Å². The Kier molecular flexibility index (Phi) is 4.57. The van der Waals surface area contributed by atoms with Crippen molar-refractivity contribution < 1.29 is 14.7 Å². The minimum absolute atomic E-state index is 0.0444. The molecule has 9 heteroatoms. The van der Waals surface area contributed by atoms with Crippen LogP contribution in [0, 0.1) is 0 Å². The highest BCUT2D eigenvalue weighted by molar-refractivity contribution is 5.77. The normalized spacial score (nSPS) is 14.1. The standard InChI is InChI=1S/C18H20N6O3/c25-17(12-24-20-15-4-1-2-5-16(15)21-24)22-8-3-9-23-14(11-22)10-13(19-23)6-7-18(26)27/h1-2,4-5,10H,3,6-9,11-12H2,(H,26,27). The number of carbonyl (C=O) groups is 2. The third-order valence-electron chi connectivity index (χ3n) is 4.62. The molecule has 0 saturated heterocycles. The lowest BCUT2D eigenvalue weighted by Crippen LogP contribution is -2.34. The molecule has 1 aliphatic rings. The first-order valence-corrected chi connectivity index (χ1v) is 8.93. The molecule has 1 amide bonds. The van der Waals surface area contributed by atoms with E-state index < -0.39 is 5.97 Å². The van der Waals surface area contributed by atoms with Gasteiger partial charge in [-0.1, -0.05) is 12.1 Å². The molecule has 0 fully saturated rings. The summed E-state index contributed by atoms with van der Waals surface area (Å²) in [5, 5.41) is 22.0. The minimum atomic E-state index is -0.839. The highest BCUT2D eigenvalue weighted by Gasteiger charge is 2.21. The third kappa shape index (κ3) is 3.81. The Labute approximate surface area is 155 Å². The maximum atomic E-state index is 12.7. The van der Waals surface area contributed by atoms with Crippen LogP contribution >= 0.6 is 0 Å². The van der Waals surface area contributed by atoms with Gasteiger partial charge in [0.25, 0.3) is 0 Å². The van der Waals surface area contributed by atoms with E-state index in [1.54, 1.807) is 4.90 Å². The number of nitrogens with zero attached hydrogens (tertiary/aromatic N) is 6. The van der Waals surface area contributed by atoms with Crippen LogP contribution in [-0.4, -0.2) is 53.2 Å². The van der Waals surface area contributed by atoms with Crippen molar-refractivity contribution in [2.75, 3.05) is 6.54 Å². The van der Waals surface area contributed by atoms with Crippen LogP contribution in [0.25, 0.3) is 11.0 Å². The summed E-state index contributed by atoms with van der Waals surface area (Å²) in [4.78, 5) is 26.7. The van der Waals surface area contributed by atoms with Crippen molar-refractivity contribution in [1.29, 1.82) is 0 Å². The summed E-state index contributed by atoms with van der Waals surface area (Å²) < 4.78 is 1.88. The fourth-order valence-electron chi connectivity index (χ4n) is 3.29. The van der Waals surface area contributed by atoms with Crippen molar-refractivity contribution >= 4 is 22.9 Å². The number of hydrogen-bond acceptors (Lipinski definition) is 5. The maximum Gasteiger partial charge on any atom is 0.303 e. The number of aliphatic carboxylic acids is 1. The van der Waals surface area contributed by atoms with Crippen LogP contribution in [0.1, 0.15) is 24.2 Å². The average molecular weight is 368 g/mol. The van der Waals surface area contributed by atoms with Gasteiger partial charge >= 0.3 is 5.97 Å². The van der Waals surface area contributed by atoms with E-state index in [2.05, 4.69) is 15.3 Å². The molecular formula is C18H20N6O3. The highest BCUT2D eigenvalue weighted by atomic mass is 16.4. The van der Waals surface area contributed by atoms with Gasteiger partial charge < -0.3 is 10.0 Å². The van der Waals surface area contributed by atoms with Crippen LogP contribution in [0.2, 0.25) is 0 Å². The number of amides is 1. The van der Waals surface area contributed by atoms with Gasteiger partial charge in [-0.15, -0.1) is 0 Å². The molecule has 3 heterocycles. The van der Waals surface area contributed by atoms with Gasteiger partial charge in [0.2, 0.25) is 5.91 Å². The van der Waals surface area contributed by atoms with Crippen LogP contribution in [0.15, 0.2) is 30.3 Å². The largest absolute Gasteiger partial charge is 0.481 e. The topological polar surface area (TPSA) is 106 Å². The molecule has 1 N–H and O–H groups in total. The van der Waals surface area contributed by atoms with Crippen molar-refractivity contribution in [3.8, 4) is 0 Å². The number of carboxylic acids is 1. The van der Waals surface area contributed by atoms with Crippen molar-refractivity contribution in [1.82, 2.24) is 29.7 Å². The SMILES string of the molecule is O=C(O)CCc1cc2n(n1)CCCN(C(=O)Cn1nc3ccccc3n1)C2. The predicted molar refractivity (Wildman–Crippen MR) is 95.7 cm³/mol. The number of carbonyl (C=O) groups excluding carboxylic acids is 1. The van der Waals surface area contributed by atoms with Crippen molar-refractivity contribution in [2.24, 2.45) is 0 Å². The molecule has 0 radical (unpaired) electrons. The van der Waals surface area contributed by atoms with E-state index in [1.165, 1.54) is 4.80 Å². The Morgan fingerprint density at radius 1 is 1.07 bits per heavy atom. The van der Waals surface area contributed by atoms with Crippen LogP contribution in [0.5, 0.6) is 0 Å². The fourth-order valence-corrected chi connectivity index (χ4v) is 3.29. The summed E-state index contributed by atoms with van der Waals surface area (Å²) in [5.74, 6) is -0.883. The Morgan fingerprint density at radius 3 is 2.52 bits per heavy atom. The van der Waals surface area contributed by atoms with E-state index in [9.17, 15) is 9.59 Å². The molecule has 27 heavy (non-hydrogen) atoms. The lowest BCUT2D eigenvalue weighted by Gasteiger charge is -2.19. The van der Waals surface area contributed by atoms with E-state index in [4.69, 9.17) is 5.11 Å². The van der Waals surface area contributed by atoms with Gasteiger partial charge in [0.05, 0.1) is 24.4 Å². The number of carboxylic acid groups (broad SMARTS) is 1. The first kappa shape index (κ1) is 17.2. The molecule has 9 nitrogen and oxygen atoms in total. The Bertz CT molecular complexity index is 959. The quantitative estimate of drug-likeness (QED) is 0.722.